The van der Waals surface area contributed by atoms with Gasteiger partial charge in [0.25, 0.3) is 8.32 Å². The van der Waals surface area contributed by atoms with Crippen LogP contribution in [0.5, 0.6) is 0 Å². The second kappa shape index (κ2) is 9.41. The van der Waals surface area contributed by atoms with Gasteiger partial charge in [0.1, 0.15) is 11.6 Å². The molecule has 0 N–H and O–H groups in total. The normalized spacial score (nSPS) is 13.6. The van der Waals surface area contributed by atoms with Gasteiger partial charge in [-0.15, -0.1) is 0 Å². The van der Waals surface area contributed by atoms with Crippen molar-refractivity contribution in [2.75, 3.05) is 0 Å². The summed E-state index contributed by atoms with van der Waals surface area (Å²) in [6.45, 7) is 15.0. The summed E-state index contributed by atoms with van der Waals surface area (Å²) in [5.74, 6) is 1.93. The molecule has 0 radical (unpaired) electrons. The molecule has 0 unspecified atom stereocenters. The molecule has 136 valence electrons. The zero-order valence-electron chi connectivity index (χ0n) is 16.5. The van der Waals surface area contributed by atoms with Gasteiger partial charge in [0, 0.05) is 5.56 Å². The van der Waals surface area contributed by atoms with Crippen LogP contribution in [-0.4, -0.2) is 8.32 Å². The molecule has 1 nitrogen and oxygen atoms in total. The number of allylic oxidation sites excluding steroid dienone is 1. The number of hydrogen-bond acceptors (Lipinski definition) is 1. The minimum atomic E-state index is -2.09. The summed E-state index contributed by atoms with van der Waals surface area (Å²) in [6, 6.07) is 13.0. The highest BCUT2D eigenvalue weighted by atomic mass is 28.4. The summed E-state index contributed by atoms with van der Waals surface area (Å²) in [6.07, 6.45) is 0. The third-order valence-corrected chi connectivity index (χ3v) is 9.33. The summed E-state index contributed by atoms with van der Waals surface area (Å²) < 4.78 is 21.0. The van der Waals surface area contributed by atoms with E-state index in [1.807, 2.05) is 30.3 Å². The van der Waals surface area contributed by atoms with E-state index in [2.05, 4.69) is 41.5 Å². The standard InChI is InChI=1S/C21H35FOSi/c1-16(2)13-24(14-17(3)4,15-18(5)6)23-21(19(7)22)20-11-9-8-10-12-20/h8-12,16-18H,13-15H2,1-7H3/b21-19+. The van der Waals surface area contributed by atoms with Gasteiger partial charge < -0.3 is 4.43 Å². The lowest BCUT2D eigenvalue weighted by molar-refractivity contribution is 0.428. The molecule has 24 heavy (non-hydrogen) atoms. The summed E-state index contributed by atoms with van der Waals surface area (Å²) in [4.78, 5) is 0. The Balaban J connectivity index is 3.27. The van der Waals surface area contributed by atoms with E-state index in [0.717, 1.165) is 23.7 Å². The molecule has 0 aromatic heterocycles. The van der Waals surface area contributed by atoms with Gasteiger partial charge in [-0.05, 0) is 42.8 Å². The van der Waals surface area contributed by atoms with E-state index in [0.29, 0.717) is 23.5 Å². The van der Waals surface area contributed by atoms with Gasteiger partial charge in [0.05, 0.1) is 0 Å². The molecule has 0 saturated heterocycles. The third kappa shape index (κ3) is 6.80. The number of halogens is 1. The first kappa shape index (κ1) is 21.0. The van der Waals surface area contributed by atoms with Crippen LogP contribution in [0.15, 0.2) is 36.2 Å². The predicted octanol–water partition coefficient (Wildman–Crippen LogP) is 7.27. The minimum absolute atomic E-state index is 0.214. The van der Waals surface area contributed by atoms with Crippen molar-refractivity contribution in [3.63, 3.8) is 0 Å². The van der Waals surface area contributed by atoms with Crippen molar-refractivity contribution in [1.29, 1.82) is 0 Å². The SMILES string of the molecule is C/C(F)=C(\O[Si](CC(C)C)(CC(C)C)CC(C)C)c1ccccc1. The summed E-state index contributed by atoms with van der Waals surface area (Å²) in [5.41, 5.74) is 0.852. The first-order valence-corrected chi connectivity index (χ1v) is 11.8. The van der Waals surface area contributed by atoms with Crippen LogP contribution in [0.2, 0.25) is 18.1 Å². The maximum Gasteiger partial charge on any atom is 0.252 e. The molecule has 0 spiro atoms. The lowest BCUT2D eigenvalue weighted by Gasteiger charge is -2.37. The van der Waals surface area contributed by atoms with Crippen LogP contribution in [0.4, 0.5) is 4.39 Å². The Morgan fingerprint density at radius 2 is 1.29 bits per heavy atom. The van der Waals surface area contributed by atoms with E-state index in [4.69, 9.17) is 4.43 Å². The maximum atomic E-state index is 14.4. The van der Waals surface area contributed by atoms with Crippen LogP contribution >= 0.6 is 0 Å². The van der Waals surface area contributed by atoms with Gasteiger partial charge in [-0.25, -0.2) is 4.39 Å². The van der Waals surface area contributed by atoms with Gasteiger partial charge in [0.2, 0.25) is 0 Å². The van der Waals surface area contributed by atoms with Crippen molar-refractivity contribution in [1.82, 2.24) is 0 Å². The van der Waals surface area contributed by atoms with E-state index >= 15 is 0 Å². The van der Waals surface area contributed by atoms with Gasteiger partial charge >= 0.3 is 0 Å². The van der Waals surface area contributed by atoms with Gasteiger partial charge in [0.15, 0.2) is 0 Å². The summed E-state index contributed by atoms with van der Waals surface area (Å²) in [7, 11) is -2.09. The molecule has 0 bridgehead atoms. The van der Waals surface area contributed by atoms with Crippen molar-refractivity contribution < 1.29 is 8.82 Å². The highest BCUT2D eigenvalue weighted by Gasteiger charge is 2.40. The zero-order chi connectivity index (χ0) is 18.3. The van der Waals surface area contributed by atoms with Crippen LogP contribution in [0, 0.1) is 17.8 Å². The highest BCUT2D eigenvalue weighted by molar-refractivity contribution is 6.74. The number of benzene rings is 1. The average Bonchev–Trinajstić information content (AvgIpc) is 2.43. The number of rotatable bonds is 9. The Labute approximate surface area is 149 Å². The zero-order valence-corrected chi connectivity index (χ0v) is 17.5. The maximum absolute atomic E-state index is 14.4. The molecule has 0 heterocycles. The highest BCUT2D eigenvalue weighted by Crippen LogP contribution is 2.38. The van der Waals surface area contributed by atoms with Gasteiger partial charge in [-0.3, -0.25) is 0 Å². The molecular formula is C21H35FOSi. The van der Waals surface area contributed by atoms with Crippen molar-refractivity contribution in [3.8, 4) is 0 Å². The molecule has 0 aliphatic carbocycles. The fourth-order valence-electron chi connectivity index (χ4n) is 3.74. The van der Waals surface area contributed by atoms with Crippen molar-refractivity contribution in [2.45, 2.75) is 66.6 Å². The van der Waals surface area contributed by atoms with Crippen molar-refractivity contribution in [2.24, 2.45) is 17.8 Å². The van der Waals surface area contributed by atoms with Crippen LogP contribution in [0.1, 0.15) is 54.0 Å². The molecule has 0 fully saturated rings. The van der Waals surface area contributed by atoms with E-state index in [1.54, 1.807) is 0 Å². The molecular weight excluding hydrogens is 315 g/mol. The molecule has 0 aliphatic rings. The van der Waals surface area contributed by atoms with Crippen molar-refractivity contribution >= 4 is 14.1 Å². The molecule has 0 saturated carbocycles. The smallest absolute Gasteiger partial charge is 0.252 e. The molecule has 3 heteroatoms. The molecule has 1 rings (SSSR count). The van der Waals surface area contributed by atoms with E-state index < -0.39 is 8.32 Å². The van der Waals surface area contributed by atoms with Crippen LogP contribution < -0.4 is 0 Å². The van der Waals surface area contributed by atoms with E-state index in [-0.39, 0.29) is 5.83 Å². The van der Waals surface area contributed by atoms with Crippen LogP contribution in [-0.2, 0) is 4.43 Å². The van der Waals surface area contributed by atoms with E-state index in [1.165, 1.54) is 6.92 Å². The minimum Gasteiger partial charge on any atom is -0.541 e. The Kier molecular flexibility index (Phi) is 8.21. The van der Waals surface area contributed by atoms with Gasteiger partial charge in [-0.1, -0.05) is 71.9 Å². The topological polar surface area (TPSA) is 9.23 Å². The Morgan fingerprint density at radius 3 is 1.62 bits per heavy atom. The molecule has 1 aromatic rings. The fraction of sp³-hybridized carbons (Fsp3) is 0.619. The largest absolute Gasteiger partial charge is 0.541 e. The van der Waals surface area contributed by atoms with E-state index in [9.17, 15) is 4.39 Å². The quantitative estimate of drug-likeness (QED) is 0.336. The monoisotopic (exact) mass is 350 g/mol. The second-order valence-corrected chi connectivity index (χ2v) is 12.1. The van der Waals surface area contributed by atoms with Crippen LogP contribution in [0.25, 0.3) is 5.76 Å². The predicted molar refractivity (Wildman–Crippen MR) is 106 cm³/mol. The molecule has 1 aromatic carbocycles. The summed E-state index contributed by atoms with van der Waals surface area (Å²) in [5, 5.41) is 0. The second-order valence-electron chi connectivity index (χ2n) is 8.31. The molecule has 0 amide bonds. The Morgan fingerprint density at radius 1 is 0.875 bits per heavy atom. The lowest BCUT2D eigenvalue weighted by atomic mass is 10.2. The van der Waals surface area contributed by atoms with Crippen LogP contribution in [0.3, 0.4) is 0 Å². The Hall–Kier alpha value is -1.09. The van der Waals surface area contributed by atoms with Crippen molar-refractivity contribution in [3.05, 3.63) is 41.7 Å². The number of hydrogen-bond donors (Lipinski definition) is 0. The third-order valence-electron chi connectivity index (χ3n) is 4.01. The average molecular weight is 351 g/mol. The molecule has 0 atom stereocenters. The summed E-state index contributed by atoms with van der Waals surface area (Å²) >= 11 is 0. The Bertz CT molecular complexity index is 489. The lowest BCUT2D eigenvalue weighted by Crippen LogP contribution is -2.41. The first-order chi connectivity index (χ1) is 11.1. The first-order valence-electron chi connectivity index (χ1n) is 9.26. The fourth-order valence-corrected chi connectivity index (χ4v) is 9.65. The molecule has 0 aliphatic heterocycles. The van der Waals surface area contributed by atoms with Gasteiger partial charge in [-0.2, -0.15) is 0 Å².